The maximum absolute atomic E-state index is 14.2. The largest absolute Gasteiger partial charge is 0.327 e. The van der Waals surface area contributed by atoms with Crippen molar-refractivity contribution >= 4 is 24.0 Å². The number of hydrogen-bond donors (Lipinski definition) is 2. The Hall–Kier alpha value is -2.62. The Morgan fingerprint density at radius 1 is 1.41 bits per heavy atom. The normalized spacial score (nSPS) is 23.0. The van der Waals surface area contributed by atoms with Crippen LogP contribution in [0.15, 0.2) is 18.3 Å². The third kappa shape index (κ3) is 5.47. The van der Waals surface area contributed by atoms with E-state index in [0.29, 0.717) is 17.4 Å². The number of likely N-dealkylation sites (tertiary alicyclic amines) is 1. The number of hydroxylamine groups is 2. The summed E-state index contributed by atoms with van der Waals surface area (Å²) in [6.07, 6.45) is 4.91. The van der Waals surface area contributed by atoms with Gasteiger partial charge >= 0.3 is 0 Å². The lowest BCUT2D eigenvalue weighted by Gasteiger charge is -2.30. The zero-order chi connectivity index (χ0) is 20.8. The summed E-state index contributed by atoms with van der Waals surface area (Å²) in [5, 5.41) is 20.1. The van der Waals surface area contributed by atoms with Gasteiger partial charge in [-0.05, 0) is 24.5 Å². The molecule has 0 unspecified atom stereocenters. The first-order valence-electron chi connectivity index (χ1n) is 9.92. The molecule has 2 N–H and O–H groups in total. The molecule has 3 rings (SSSR count). The second-order valence-electron chi connectivity index (χ2n) is 7.75. The van der Waals surface area contributed by atoms with Gasteiger partial charge in [0.2, 0.25) is 18.2 Å². The van der Waals surface area contributed by atoms with Crippen LogP contribution < -0.4 is 5.32 Å². The Morgan fingerprint density at radius 3 is 2.83 bits per heavy atom. The van der Waals surface area contributed by atoms with Gasteiger partial charge in [0.05, 0.1) is 19.0 Å². The van der Waals surface area contributed by atoms with E-state index < -0.39 is 29.9 Å². The van der Waals surface area contributed by atoms with Crippen molar-refractivity contribution in [3.63, 3.8) is 0 Å². The van der Waals surface area contributed by atoms with Crippen molar-refractivity contribution in [2.24, 2.45) is 11.8 Å². The van der Waals surface area contributed by atoms with Gasteiger partial charge in [-0.2, -0.15) is 5.10 Å². The summed E-state index contributed by atoms with van der Waals surface area (Å²) in [5.41, 5.74) is 0. The molecule has 0 bridgehead atoms. The van der Waals surface area contributed by atoms with E-state index in [-0.39, 0.29) is 31.7 Å². The van der Waals surface area contributed by atoms with E-state index in [9.17, 15) is 24.0 Å². The quantitative estimate of drug-likeness (QED) is 0.382. The zero-order valence-electron chi connectivity index (χ0n) is 16.1. The lowest BCUT2D eigenvalue weighted by atomic mass is 9.91. The van der Waals surface area contributed by atoms with Crippen molar-refractivity contribution in [3.8, 4) is 0 Å². The van der Waals surface area contributed by atoms with E-state index in [1.165, 1.54) is 11.1 Å². The molecule has 0 aromatic carbocycles. The number of nitrogens with one attached hydrogen (secondary N) is 1. The zero-order valence-corrected chi connectivity index (χ0v) is 16.1. The van der Waals surface area contributed by atoms with Gasteiger partial charge in [-0.15, -0.1) is 5.10 Å². The fourth-order valence-electron chi connectivity index (χ4n) is 4.26. The number of rotatable bonds is 8. The molecule has 1 aliphatic carbocycles. The van der Waals surface area contributed by atoms with Crippen LogP contribution in [0.3, 0.4) is 0 Å². The first-order valence-corrected chi connectivity index (χ1v) is 9.92. The fraction of sp³-hybridized carbons (Fsp3) is 0.632. The van der Waals surface area contributed by atoms with Crippen LogP contribution in [-0.4, -0.2) is 68.9 Å². The molecule has 1 saturated heterocycles. The molecule has 1 aromatic rings. The second kappa shape index (κ2) is 9.73. The van der Waals surface area contributed by atoms with E-state index in [4.69, 9.17) is 0 Å². The maximum atomic E-state index is 14.2. The first-order chi connectivity index (χ1) is 14.0. The molecular formula is C19H26FN5O4. The number of carbonyl (C=O) groups excluding carboxylic acids is 3. The maximum Gasteiger partial charge on any atom is 0.248 e. The third-order valence-corrected chi connectivity index (χ3v) is 5.63. The van der Waals surface area contributed by atoms with Gasteiger partial charge in [0, 0.05) is 12.6 Å². The monoisotopic (exact) mass is 407 g/mol. The topological polar surface area (TPSA) is 116 Å². The molecule has 0 spiro atoms. The Morgan fingerprint density at radius 2 is 2.17 bits per heavy atom. The van der Waals surface area contributed by atoms with Crippen molar-refractivity contribution in [1.82, 2.24) is 20.2 Å². The molecule has 9 nitrogen and oxygen atoms in total. The molecule has 2 aliphatic rings. The Bertz CT molecular complexity index is 716. The van der Waals surface area contributed by atoms with Crippen molar-refractivity contribution in [1.29, 1.82) is 0 Å². The third-order valence-electron chi connectivity index (χ3n) is 5.63. The highest BCUT2D eigenvalue weighted by Gasteiger charge is 2.42. The molecule has 0 radical (unpaired) electrons. The Balaban J connectivity index is 1.72. The van der Waals surface area contributed by atoms with Gasteiger partial charge in [-0.3, -0.25) is 19.6 Å². The van der Waals surface area contributed by atoms with Crippen LogP contribution >= 0.6 is 0 Å². The lowest BCUT2D eigenvalue weighted by Crippen LogP contribution is -2.48. The van der Waals surface area contributed by atoms with E-state index in [0.717, 1.165) is 25.7 Å². The molecule has 29 heavy (non-hydrogen) atoms. The number of aromatic nitrogens is 2. The van der Waals surface area contributed by atoms with Gasteiger partial charge in [0.1, 0.15) is 12.2 Å². The highest BCUT2D eigenvalue weighted by Crippen LogP contribution is 2.32. The number of alkyl halides is 1. The minimum Gasteiger partial charge on any atom is -0.327 e. The predicted octanol–water partition coefficient (Wildman–Crippen LogP) is 1.40. The number of nitrogens with zero attached hydrogens (tertiary/aromatic N) is 4. The fourth-order valence-corrected chi connectivity index (χ4v) is 4.26. The van der Waals surface area contributed by atoms with Gasteiger partial charge < -0.3 is 10.2 Å². The minimum absolute atomic E-state index is 0.107. The Kier molecular flexibility index (Phi) is 7.08. The summed E-state index contributed by atoms with van der Waals surface area (Å²) in [4.78, 5) is 38.0. The van der Waals surface area contributed by atoms with Gasteiger partial charge in [0.15, 0.2) is 5.82 Å². The molecule has 3 atom stereocenters. The summed E-state index contributed by atoms with van der Waals surface area (Å²) < 4.78 is 14.2. The average Bonchev–Trinajstić information content (AvgIpc) is 3.37. The summed E-state index contributed by atoms with van der Waals surface area (Å²) in [7, 11) is 0. The standard InChI is InChI=1S/C19H26FN5O4/c20-15-9-16(18(27)22-17-6-3-7-21-23-17)25(11-15)19(28)14(10-24(29)12-26)8-13-4-1-2-5-13/h3,6-7,12-16,29H,1-2,4-5,8-11H2,(H,22,23,27)/t14-,15-,16+/m1/s1. The van der Waals surface area contributed by atoms with Crippen LogP contribution in [-0.2, 0) is 14.4 Å². The molecular weight excluding hydrogens is 381 g/mol. The molecule has 1 aromatic heterocycles. The SMILES string of the molecule is O=CN(O)C[C@@H](CC1CCCC1)C(=O)N1C[C@H](F)C[C@H]1C(=O)Nc1cccnn1. The van der Waals surface area contributed by atoms with E-state index in [1.54, 1.807) is 12.1 Å². The number of amides is 3. The molecule has 1 saturated carbocycles. The molecule has 3 amide bonds. The van der Waals surface area contributed by atoms with Gasteiger partial charge in [-0.25, -0.2) is 9.45 Å². The van der Waals surface area contributed by atoms with E-state index in [1.807, 2.05) is 0 Å². The molecule has 2 heterocycles. The highest BCUT2D eigenvalue weighted by molar-refractivity contribution is 5.97. The number of hydrogen-bond acceptors (Lipinski definition) is 6. The van der Waals surface area contributed by atoms with Gasteiger partial charge in [0.25, 0.3) is 0 Å². The van der Waals surface area contributed by atoms with Crippen molar-refractivity contribution in [3.05, 3.63) is 18.3 Å². The minimum atomic E-state index is -1.32. The predicted molar refractivity (Wildman–Crippen MR) is 100 cm³/mol. The van der Waals surface area contributed by atoms with Crippen molar-refractivity contribution in [2.45, 2.75) is 50.7 Å². The summed E-state index contributed by atoms with van der Waals surface area (Å²) in [6, 6.07) is 2.18. The molecule has 158 valence electrons. The van der Waals surface area contributed by atoms with Crippen LogP contribution in [0.5, 0.6) is 0 Å². The van der Waals surface area contributed by atoms with Crippen LogP contribution in [0, 0.1) is 11.8 Å². The molecule has 2 fully saturated rings. The molecule has 10 heteroatoms. The van der Waals surface area contributed by atoms with Crippen molar-refractivity contribution < 1.29 is 24.0 Å². The van der Waals surface area contributed by atoms with Crippen LogP contribution in [0.25, 0.3) is 0 Å². The first kappa shape index (κ1) is 21.1. The summed E-state index contributed by atoms with van der Waals surface area (Å²) >= 11 is 0. The van der Waals surface area contributed by atoms with Gasteiger partial charge in [-0.1, -0.05) is 25.7 Å². The number of anilines is 1. The van der Waals surface area contributed by atoms with E-state index in [2.05, 4.69) is 15.5 Å². The molecule has 1 aliphatic heterocycles. The highest BCUT2D eigenvalue weighted by atomic mass is 19.1. The van der Waals surface area contributed by atoms with Crippen LogP contribution in [0.1, 0.15) is 38.5 Å². The summed E-state index contributed by atoms with van der Waals surface area (Å²) in [6.45, 7) is -0.365. The van der Waals surface area contributed by atoms with Crippen LogP contribution in [0.4, 0.5) is 10.2 Å². The number of halogens is 1. The summed E-state index contributed by atoms with van der Waals surface area (Å²) in [5.74, 6) is -1.10. The van der Waals surface area contributed by atoms with E-state index >= 15 is 0 Å². The lowest BCUT2D eigenvalue weighted by molar-refractivity contribution is -0.158. The second-order valence-corrected chi connectivity index (χ2v) is 7.75. The Labute approximate surface area is 168 Å². The van der Waals surface area contributed by atoms with Crippen molar-refractivity contribution in [2.75, 3.05) is 18.4 Å². The number of carbonyl (C=O) groups is 3. The smallest absolute Gasteiger partial charge is 0.248 e. The van der Waals surface area contributed by atoms with Crippen LogP contribution in [0.2, 0.25) is 0 Å². The average molecular weight is 407 g/mol.